The molecule has 0 unspecified atom stereocenters. The third-order valence-corrected chi connectivity index (χ3v) is 4.00. The van der Waals surface area contributed by atoms with E-state index in [2.05, 4.69) is 15.9 Å². The van der Waals surface area contributed by atoms with Gasteiger partial charge < -0.3 is 4.74 Å². The maximum Gasteiger partial charge on any atom is 0.350 e. The maximum absolute atomic E-state index is 12.2. The van der Waals surface area contributed by atoms with E-state index in [0.29, 0.717) is 17.9 Å². The van der Waals surface area contributed by atoms with Gasteiger partial charge in [0.05, 0.1) is 6.61 Å². The van der Waals surface area contributed by atoms with Gasteiger partial charge in [-0.05, 0) is 17.7 Å². The number of nitrogens with one attached hydrogen (secondary N) is 1. The lowest BCUT2D eigenvalue weighted by atomic mass is 10.1. The summed E-state index contributed by atoms with van der Waals surface area (Å²) >= 11 is 3.28. The number of hydrogen-bond acceptors (Lipinski definition) is 3. The van der Waals surface area contributed by atoms with Gasteiger partial charge in [-0.2, -0.15) is 8.78 Å². The van der Waals surface area contributed by atoms with Crippen molar-refractivity contribution < 1.29 is 21.9 Å². The van der Waals surface area contributed by atoms with Crippen LogP contribution in [0, 0.1) is 0 Å². The second-order valence-electron chi connectivity index (χ2n) is 3.78. The van der Waals surface area contributed by atoms with Crippen LogP contribution in [-0.4, -0.2) is 20.8 Å². The van der Waals surface area contributed by atoms with Crippen molar-refractivity contribution in [2.45, 2.75) is 18.7 Å². The van der Waals surface area contributed by atoms with Crippen molar-refractivity contribution in [3.63, 3.8) is 0 Å². The normalized spacial score (nSPS) is 14.7. The Balaban J connectivity index is 2.21. The number of rotatable bonds is 4. The van der Waals surface area contributed by atoms with Crippen molar-refractivity contribution >= 4 is 26.0 Å². The minimum Gasteiger partial charge on any atom is -0.493 e. The first-order chi connectivity index (χ1) is 8.40. The molecule has 18 heavy (non-hydrogen) atoms. The SMILES string of the molecule is O=S(=O)(NCc1cc(Br)cc2c1OCC2)C(F)F. The fourth-order valence-electron chi connectivity index (χ4n) is 1.72. The van der Waals surface area contributed by atoms with Gasteiger partial charge in [-0.15, -0.1) is 0 Å². The summed E-state index contributed by atoms with van der Waals surface area (Å²) in [6, 6.07) is 3.52. The van der Waals surface area contributed by atoms with Crippen LogP contribution in [0.25, 0.3) is 0 Å². The lowest BCUT2D eigenvalue weighted by molar-refractivity contribution is 0.232. The Morgan fingerprint density at radius 1 is 1.44 bits per heavy atom. The predicted octanol–water partition coefficient (Wildman–Crippen LogP) is 2.03. The standard InChI is InChI=1S/C10H10BrF2NO3S/c11-8-3-6-1-2-17-9(6)7(4-8)5-14-18(15,16)10(12)13/h3-4,10,14H,1-2,5H2. The Kier molecular flexibility index (Phi) is 3.88. The van der Waals surface area contributed by atoms with Gasteiger partial charge in [0.1, 0.15) is 5.75 Å². The molecule has 2 rings (SSSR count). The van der Waals surface area contributed by atoms with Gasteiger partial charge in [0.25, 0.3) is 10.0 Å². The summed E-state index contributed by atoms with van der Waals surface area (Å²) in [6.07, 6.45) is 0.726. The summed E-state index contributed by atoms with van der Waals surface area (Å²) in [7, 11) is -4.58. The quantitative estimate of drug-likeness (QED) is 0.911. The summed E-state index contributed by atoms with van der Waals surface area (Å²) < 4.78 is 54.3. The number of hydrogen-bond donors (Lipinski definition) is 1. The zero-order valence-electron chi connectivity index (χ0n) is 9.12. The molecule has 0 spiro atoms. The number of ether oxygens (including phenoxy) is 1. The van der Waals surface area contributed by atoms with Crippen molar-refractivity contribution in [1.82, 2.24) is 4.72 Å². The van der Waals surface area contributed by atoms with Crippen LogP contribution in [0.15, 0.2) is 16.6 Å². The van der Waals surface area contributed by atoms with Crippen LogP contribution in [0.3, 0.4) is 0 Å². The van der Waals surface area contributed by atoms with Crippen LogP contribution in [0.2, 0.25) is 0 Å². The molecule has 1 aliphatic heterocycles. The first-order valence-corrected chi connectivity index (χ1v) is 7.45. The van der Waals surface area contributed by atoms with Crippen LogP contribution in [0.1, 0.15) is 11.1 Å². The van der Waals surface area contributed by atoms with Crippen molar-refractivity contribution in [3.8, 4) is 5.75 Å². The Bertz CT molecular complexity index is 562. The van der Waals surface area contributed by atoms with Crippen molar-refractivity contribution in [3.05, 3.63) is 27.7 Å². The lowest BCUT2D eigenvalue weighted by Crippen LogP contribution is -2.29. The molecular formula is C10H10BrF2NO3S. The second-order valence-corrected chi connectivity index (χ2v) is 6.43. The molecule has 0 fully saturated rings. The molecule has 0 saturated carbocycles. The number of fused-ring (bicyclic) bond motifs is 1. The number of benzene rings is 1. The first kappa shape index (κ1) is 13.7. The number of sulfonamides is 1. The molecule has 1 aromatic rings. The van der Waals surface area contributed by atoms with Gasteiger partial charge in [0.2, 0.25) is 0 Å². The van der Waals surface area contributed by atoms with Gasteiger partial charge >= 0.3 is 5.76 Å². The van der Waals surface area contributed by atoms with E-state index in [0.717, 1.165) is 16.5 Å². The molecule has 0 amide bonds. The van der Waals surface area contributed by atoms with Crippen LogP contribution in [0.5, 0.6) is 5.75 Å². The highest BCUT2D eigenvalue weighted by atomic mass is 79.9. The van der Waals surface area contributed by atoms with Gasteiger partial charge in [-0.3, -0.25) is 0 Å². The minimum absolute atomic E-state index is 0.214. The largest absolute Gasteiger partial charge is 0.493 e. The molecule has 0 aliphatic carbocycles. The van der Waals surface area contributed by atoms with Gasteiger partial charge in [-0.1, -0.05) is 15.9 Å². The number of alkyl halides is 2. The molecule has 1 aliphatic rings. The zero-order valence-corrected chi connectivity index (χ0v) is 11.5. The molecule has 0 radical (unpaired) electrons. The van der Waals surface area contributed by atoms with E-state index in [-0.39, 0.29) is 6.54 Å². The number of halogens is 3. The molecule has 100 valence electrons. The van der Waals surface area contributed by atoms with E-state index in [1.165, 1.54) is 0 Å². The molecule has 0 aromatic heterocycles. The van der Waals surface area contributed by atoms with E-state index >= 15 is 0 Å². The van der Waals surface area contributed by atoms with E-state index < -0.39 is 15.8 Å². The lowest BCUT2D eigenvalue weighted by Gasteiger charge is -2.10. The molecule has 0 atom stereocenters. The summed E-state index contributed by atoms with van der Waals surface area (Å²) in [6.45, 7) is 0.300. The van der Waals surface area contributed by atoms with Crippen LogP contribution < -0.4 is 9.46 Å². The van der Waals surface area contributed by atoms with E-state index in [1.807, 2.05) is 10.8 Å². The summed E-state index contributed by atoms with van der Waals surface area (Å²) in [4.78, 5) is 0. The van der Waals surface area contributed by atoms with Crippen LogP contribution >= 0.6 is 15.9 Å². The van der Waals surface area contributed by atoms with Gasteiger partial charge in [0, 0.05) is 23.0 Å². The molecule has 1 heterocycles. The van der Waals surface area contributed by atoms with Crippen LogP contribution in [0.4, 0.5) is 8.78 Å². The molecular weight excluding hydrogens is 332 g/mol. The summed E-state index contributed by atoms with van der Waals surface area (Å²) in [5.74, 6) is -2.85. The van der Waals surface area contributed by atoms with Crippen molar-refractivity contribution in [2.24, 2.45) is 0 Å². The Morgan fingerprint density at radius 3 is 2.83 bits per heavy atom. The third kappa shape index (κ3) is 2.81. The fraction of sp³-hybridized carbons (Fsp3) is 0.400. The molecule has 0 saturated heterocycles. The monoisotopic (exact) mass is 341 g/mol. The molecule has 1 aromatic carbocycles. The third-order valence-electron chi connectivity index (χ3n) is 2.52. The van der Waals surface area contributed by atoms with Gasteiger partial charge in [-0.25, -0.2) is 13.1 Å². The second kappa shape index (κ2) is 5.10. The molecule has 8 heteroatoms. The van der Waals surface area contributed by atoms with Gasteiger partial charge in [0.15, 0.2) is 0 Å². The Morgan fingerprint density at radius 2 is 2.17 bits per heavy atom. The summed E-state index contributed by atoms with van der Waals surface area (Å²) in [5, 5.41) is 0. The minimum atomic E-state index is -4.58. The van der Waals surface area contributed by atoms with Crippen molar-refractivity contribution in [2.75, 3.05) is 6.61 Å². The molecule has 4 nitrogen and oxygen atoms in total. The zero-order chi connectivity index (χ0) is 13.3. The highest BCUT2D eigenvalue weighted by molar-refractivity contribution is 9.10. The van der Waals surface area contributed by atoms with E-state index in [9.17, 15) is 17.2 Å². The maximum atomic E-state index is 12.2. The topological polar surface area (TPSA) is 55.4 Å². The molecule has 1 N–H and O–H groups in total. The predicted molar refractivity (Wildman–Crippen MR) is 65.1 cm³/mol. The van der Waals surface area contributed by atoms with E-state index in [1.54, 1.807) is 6.07 Å². The average molecular weight is 342 g/mol. The van der Waals surface area contributed by atoms with Crippen molar-refractivity contribution in [1.29, 1.82) is 0 Å². The highest BCUT2D eigenvalue weighted by Crippen LogP contribution is 2.33. The van der Waals surface area contributed by atoms with E-state index in [4.69, 9.17) is 4.74 Å². The average Bonchev–Trinajstić information content (AvgIpc) is 2.73. The molecule has 0 bridgehead atoms. The van der Waals surface area contributed by atoms with Crippen LogP contribution in [-0.2, 0) is 23.0 Å². The fourth-order valence-corrected chi connectivity index (χ4v) is 2.75. The smallest absolute Gasteiger partial charge is 0.350 e. The Labute approximate surface area is 112 Å². The highest BCUT2D eigenvalue weighted by Gasteiger charge is 2.25. The Hall–Kier alpha value is -0.730. The summed E-state index contributed by atoms with van der Waals surface area (Å²) in [5.41, 5.74) is 1.48. The first-order valence-electron chi connectivity index (χ1n) is 5.11.